The lowest BCUT2D eigenvalue weighted by molar-refractivity contribution is 0.170. The third-order valence-electron chi connectivity index (χ3n) is 7.95. The van der Waals surface area contributed by atoms with E-state index in [9.17, 15) is 4.79 Å². The summed E-state index contributed by atoms with van der Waals surface area (Å²) >= 11 is 0. The van der Waals surface area contributed by atoms with Crippen molar-refractivity contribution in [3.63, 3.8) is 0 Å². The van der Waals surface area contributed by atoms with Gasteiger partial charge in [0.25, 0.3) is 0 Å². The molecule has 3 aromatic heterocycles. The molecule has 0 unspecified atom stereocenters. The Labute approximate surface area is 247 Å². The van der Waals surface area contributed by atoms with Crippen molar-refractivity contribution in [2.75, 3.05) is 19.4 Å². The van der Waals surface area contributed by atoms with Crippen molar-refractivity contribution in [2.45, 2.75) is 70.6 Å². The highest BCUT2D eigenvalue weighted by atomic mass is 35.5. The first kappa shape index (κ1) is 30.3. The lowest BCUT2D eigenvalue weighted by Gasteiger charge is -2.32. The van der Waals surface area contributed by atoms with Gasteiger partial charge in [0.1, 0.15) is 17.7 Å². The number of urea groups is 1. The van der Waals surface area contributed by atoms with Gasteiger partial charge in [0.15, 0.2) is 11.5 Å². The number of nitrogens with one attached hydrogen (secondary N) is 2. The molecule has 0 fully saturated rings. The number of carbonyl (C=O) groups is 1. The number of anilines is 1. The molecule has 3 heterocycles. The predicted molar refractivity (Wildman–Crippen MR) is 163 cm³/mol. The molecule has 1 aliphatic rings. The number of aromatic nitrogens is 5. The molecule has 0 aliphatic heterocycles. The fourth-order valence-corrected chi connectivity index (χ4v) is 5.01. The topological polar surface area (TPSA) is 102 Å². The first-order valence-electron chi connectivity index (χ1n) is 13.7. The summed E-state index contributed by atoms with van der Waals surface area (Å²) in [5, 5.41) is 19.5. The Morgan fingerprint density at radius 1 is 1.02 bits per heavy atom. The number of ether oxygens (including phenoxy) is 1. The number of carbonyl (C=O) groups excluding carboxylic acids is 1. The van der Waals surface area contributed by atoms with Crippen molar-refractivity contribution in [3.05, 3.63) is 71.3 Å². The second kappa shape index (κ2) is 11.3. The van der Waals surface area contributed by atoms with E-state index in [-0.39, 0.29) is 41.5 Å². The Bertz CT molecular complexity index is 1540. The van der Waals surface area contributed by atoms with Gasteiger partial charge in [0.05, 0.1) is 23.5 Å². The van der Waals surface area contributed by atoms with Crippen molar-refractivity contribution in [2.24, 2.45) is 7.05 Å². The van der Waals surface area contributed by atoms with E-state index in [1.54, 1.807) is 4.68 Å². The number of fused-ring (bicyclic) bond motifs is 2. The standard InChI is InChI=1S/C30H40N8O2.ClH/c1-29(2,3)24-17-26(37(8)35-24)32-28(39)31-22-14-15-23(21-12-10-9-11-20(21)22)40-19-13-16-25-33-34-27(38(25)18-19)30(4,5)36(6)7;/h9-13,16-18,22-23H,14-15H2,1-8H3,(H2,31,32,39);1H/t22-,23+;/m0./s1. The van der Waals surface area contributed by atoms with Crippen LogP contribution in [0.2, 0.25) is 0 Å². The molecule has 0 bridgehead atoms. The number of halogens is 1. The number of hydrogen-bond acceptors (Lipinski definition) is 6. The fraction of sp³-hybridized carbons (Fsp3) is 0.467. The highest BCUT2D eigenvalue weighted by molar-refractivity contribution is 5.88. The van der Waals surface area contributed by atoms with Gasteiger partial charge in [-0.15, -0.1) is 22.6 Å². The summed E-state index contributed by atoms with van der Waals surface area (Å²) in [5.41, 5.74) is 3.43. The monoisotopic (exact) mass is 580 g/mol. The highest BCUT2D eigenvalue weighted by Gasteiger charge is 2.31. The van der Waals surface area contributed by atoms with E-state index < -0.39 is 0 Å². The van der Waals surface area contributed by atoms with Gasteiger partial charge in [-0.2, -0.15) is 5.10 Å². The minimum atomic E-state index is -0.307. The summed E-state index contributed by atoms with van der Waals surface area (Å²) in [5.74, 6) is 2.26. The largest absolute Gasteiger partial charge is 0.484 e. The summed E-state index contributed by atoms with van der Waals surface area (Å²) in [4.78, 5) is 15.1. The second-order valence-corrected chi connectivity index (χ2v) is 12.3. The van der Waals surface area contributed by atoms with Gasteiger partial charge in [-0.1, -0.05) is 45.0 Å². The molecule has 4 aromatic rings. The van der Waals surface area contributed by atoms with Crippen LogP contribution in [0.1, 0.15) is 82.3 Å². The average Bonchev–Trinajstić information content (AvgIpc) is 3.49. The molecule has 1 aliphatic carbocycles. The fourth-order valence-electron chi connectivity index (χ4n) is 5.01. The molecule has 0 saturated heterocycles. The number of hydrogen-bond donors (Lipinski definition) is 2. The summed E-state index contributed by atoms with van der Waals surface area (Å²) < 4.78 is 10.3. The first-order chi connectivity index (χ1) is 18.8. The van der Waals surface area contributed by atoms with E-state index in [0.717, 1.165) is 46.9 Å². The minimum absolute atomic E-state index is 0. The van der Waals surface area contributed by atoms with Crippen molar-refractivity contribution in [1.29, 1.82) is 0 Å². The Hall–Kier alpha value is -3.63. The molecule has 11 heteroatoms. The zero-order chi connectivity index (χ0) is 28.8. The van der Waals surface area contributed by atoms with Gasteiger partial charge in [-0.3, -0.25) is 19.3 Å². The first-order valence-corrected chi connectivity index (χ1v) is 13.7. The molecular weight excluding hydrogens is 540 g/mol. The molecule has 0 radical (unpaired) electrons. The van der Waals surface area contributed by atoms with Gasteiger partial charge < -0.3 is 10.1 Å². The molecule has 2 N–H and O–H groups in total. The van der Waals surface area contributed by atoms with Crippen molar-refractivity contribution in [3.8, 4) is 5.75 Å². The Morgan fingerprint density at radius 3 is 2.39 bits per heavy atom. The Morgan fingerprint density at radius 2 is 1.73 bits per heavy atom. The van der Waals surface area contributed by atoms with Gasteiger partial charge in [0, 0.05) is 18.5 Å². The minimum Gasteiger partial charge on any atom is -0.484 e. The second-order valence-electron chi connectivity index (χ2n) is 12.3. The Kier molecular flexibility index (Phi) is 8.38. The number of pyridine rings is 1. The highest BCUT2D eigenvalue weighted by Crippen LogP contribution is 2.39. The third-order valence-corrected chi connectivity index (χ3v) is 7.95. The third kappa shape index (κ3) is 6.04. The summed E-state index contributed by atoms with van der Waals surface area (Å²) in [7, 11) is 5.90. The molecule has 1 aromatic carbocycles. The molecular formula is C30H41ClN8O2. The zero-order valence-electron chi connectivity index (χ0n) is 25.1. The maximum atomic E-state index is 13.0. The van der Waals surface area contributed by atoms with E-state index in [1.165, 1.54) is 0 Å². The number of rotatable bonds is 6. The van der Waals surface area contributed by atoms with Crippen LogP contribution in [-0.4, -0.2) is 49.4 Å². The number of amides is 2. The lowest BCUT2D eigenvalue weighted by Crippen LogP contribution is -2.37. The van der Waals surface area contributed by atoms with Crippen molar-refractivity contribution in [1.82, 2.24) is 34.6 Å². The van der Waals surface area contributed by atoms with Crippen LogP contribution < -0.4 is 15.4 Å². The molecule has 10 nitrogen and oxygen atoms in total. The van der Waals surface area contributed by atoms with Crippen LogP contribution in [0.15, 0.2) is 48.7 Å². The molecule has 2 atom stereocenters. The van der Waals surface area contributed by atoms with E-state index in [0.29, 0.717) is 5.82 Å². The van der Waals surface area contributed by atoms with Crippen LogP contribution >= 0.6 is 12.4 Å². The van der Waals surface area contributed by atoms with Gasteiger partial charge in [-0.05, 0) is 64.0 Å². The van der Waals surface area contributed by atoms with Crippen LogP contribution in [0.4, 0.5) is 10.6 Å². The quantitative estimate of drug-likeness (QED) is 0.301. The summed E-state index contributed by atoms with van der Waals surface area (Å²) in [6, 6.07) is 13.6. The molecule has 0 saturated carbocycles. The van der Waals surface area contributed by atoms with E-state index in [2.05, 4.69) is 77.6 Å². The summed E-state index contributed by atoms with van der Waals surface area (Å²) in [6.07, 6.45) is 3.35. The normalized spacial score (nSPS) is 17.2. The zero-order valence-corrected chi connectivity index (χ0v) is 25.9. The number of aryl methyl sites for hydroxylation is 1. The number of benzene rings is 1. The van der Waals surface area contributed by atoms with Crippen LogP contribution in [0, 0.1) is 0 Å². The van der Waals surface area contributed by atoms with Crippen molar-refractivity contribution >= 4 is 29.9 Å². The van der Waals surface area contributed by atoms with Gasteiger partial charge in [-0.25, -0.2) is 4.79 Å². The van der Waals surface area contributed by atoms with Crippen LogP contribution in [-0.2, 0) is 18.0 Å². The van der Waals surface area contributed by atoms with Crippen LogP contribution in [0.5, 0.6) is 5.75 Å². The van der Waals surface area contributed by atoms with Gasteiger partial charge in [0.2, 0.25) is 0 Å². The predicted octanol–water partition coefficient (Wildman–Crippen LogP) is 5.76. The maximum Gasteiger partial charge on any atom is 0.320 e. The number of nitrogens with zero attached hydrogens (tertiary/aromatic N) is 6. The van der Waals surface area contributed by atoms with Gasteiger partial charge >= 0.3 is 6.03 Å². The van der Waals surface area contributed by atoms with Crippen LogP contribution in [0.3, 0.4) is 0 Å². The van der Waals surface area contributed by atoms with E-state index in [4.69, 9.17) is 4.74 Å². The smallest absolute Gasteiger partial charge is 0.320 e. The van der Waals surface area contributed by atoms with Crippen LogP contribution in [0.25, 0.3) is 5.65 Å². The SMILES string of the molecule is CN(C)C(C)(C)c1nnc2ccc(O[C@@H]3CC[C@H](NC(=O)Nc4cc(C(C)(C)C)nn4C)c4ccccc43)cn12.Cl. The lowest BCUT2D eigenvalue weighted by atomic mass is 9.85. The van der Waals surface area contributed by atoms with Crippen molar-refractivity contribution < 1.29 is 9.53 Å². The van der Waals surface area contributed by atoms with E-state index in [1.807, 2.05) is 62.1 Å². The Balaban J connectivity index is 0.00000387. The molecule has 220 valence electrons. The summed E-state index contributed by atoms with van der Waals surface area (Å²) in [6.45, 7) is 10.5. The van der Waals surface area contributed by atoms with E-state index >= 15 is 0 Å². The molecule has 41 heavy (non-hydrogen) atoms. The molecule has 2 amide bonds. The molecule has 5 rings (SSSR count). The average molecular weight is 581 g/mol. The maximum absolute atomic E-state index is 13.0. The molecule has 0 spiro atoms.